The zero-order valence-electron chi connectivity index (χ0n) is 17.9. The maximum Gasteiger partial charge on any atom is 0.333 e. The number of para-hydroxylation sites is 1. The molecule has 3 rings (SSSR count). The van der Waals surface area contributed by atoms with E-state index in [4.69, 9.17) is 9.52 Å². The molecule has 2 unspecified atom stereocenters. The van der Waals surface area contributed by atoms with Crippen molar-refractivity contribution in [2.75, 3.05) is 6.54 Å². The summed E-state index contributed by atoms with van der Waals surface area (Å²) in [6.45, 7) is 0.483. The molecule has 0 saturated carbocycles. The number of fused-ring (bicyclic) bond motifs is 1. The lowest BCUT2D eigenvalue weighted by Crippen LogP contribution is -2.43. The predicted octanol–water partition coefficient (Wildman–Crippen LogP) is 4.86. The third-order valence-electron chi connectivity index (χ3n) is 5.79. The van der Waals surface area contributed by atoms with Gasteiger partial charge in [0.05, 0.1) is 6.04 Å². The molecular formula is C24H29F2NO5. The van der Waals surface area contributed by atoms with Gasteiger partial charge in [-0.25, -0.2) is 0 Å². The van der Waals surface area contributed by atoms with Crippen LogP contribution >= 0.6 is 0 Å². The van der Waals surface area contributed by atoms with Crippen molar-refractivity contribution in [3.63, 3.8) is 0 Å². The van der Waals surface area contributed by atoms with Gasteiger partial charge >= 0.3 is 11.9 Å². The van der Waals surface area contributed by atoms with Crippen molar-refractivity contribution in [3.05, 3.63) is 48.2 Å². The summed E-state index contributed by atoms with van der Waals surface area (Å²) in [5, 5.41) is 19.4. The summed E-state index contributed by atoms with van der Waals surface area (Å²) >= 11 is 0. The van der Waals surface area contributed by atoms with Gasteiger partial charge in [0.25, 0.3) is 0 Å². The van der Waals surface area contributed by atoms with E-state index in [0.717, 1.165) is 18.9 Å². The summed E-state index contributed by atoms with van der Waals surface area (Å²) in [4.78, 5) is 24.6. The molecule has 0 bridgehead atoms. The predicted molar refractivity (Wildman–Crippen MR) is 115 cm³/mol. The van der Waals surface area contributed by atoms with Crippen LogP contribution in [0.25, 0.3) is 11.0 Å². The highest BCUT2D eigenvalue weighted by molar-refractivity contribution is 5.78. The Kier molecular flexibility index (Phi) is 8.01. The molecule has 2 heterocycles. The molecular weight excluding hydrogens is 420 g/mol. The number of carboxylic acids is 1. The fourth-order valence-electron chi connectivity index (χ4n) is 4.00. The Bertz CT molecular complexity index is 922. The number of hydrogen-bond acceptors (Lipinski definition) is 4. The molecule has 0 aliphatic carbocycles. The van der Waals surface area contributed by atoms with Gasteiger partial charge < -0.3 is 19.5 Å². The van der Waals surface area contributed by atoms with Gasteiger partial charge in [-0.3, -0.25) is 9.59 Å². The number of halogens is 2. The first-order valence-corrected chi connectivity index (χ1v) is 11.0. The topological polar surface area (TPSA) is 91.0 Å². The first-order chi connectivity index (χ1) is 15.3. The van der Waals surface area contributed by atoms with E-state index in [1.165, 1.54) is 12.1 Å². The number of rotatable bonds is 11. The number of amides is 1. The minimum absolute atomic E-state index is 0.0324. The summed E-state index contributed by atoms with van der Waals surface area (Å²) in [7, 11) is 0. The fourth-order valence-corrected chi connectivity index (χ4v) is 4.00. The average Bonchev–Trinajstić information content (AvgIpc) is 3.20. The number of aliphatic hydroxyl groups excluding tert-OH is 1. The number of nitrogens with zero attached hydrogens (tertiary/aromatic N) is 1. The molecule has 1 aliphatic rings. The number of aliphatic carboxylic acids is 1. The molecule has 32 heavy (non-hydrogen) atoms. The Balaban J connectivity index is 1.60. The van der Waals surface area contributed by atoms with Gasteiger partial charge in [0.2, 0.25) is 5.91 Å². The van der Waals surface area contributed by atoms with E-state index < -0.39 is 23.8 Å². The largest absolute Gasteiger partial charge is 0.481 e. The van der Waals surface area contributed by atoms with Gasteiger partial charge in [-0.05, 0) is 37.8 Å². The lowest BCUT2D eigenvalue weighted by atomic mass is 9.99. The van der Waals surface area contributed by atoms with Gasteiger partial charge in [0, 0.05) is 24.8 Å². The van der Waals surface area contributed by atoms with Crippen LogP contribution in [0.1, 0.15) is 57.1 Å². The monoisotopic (exact) mass is 449 g/mol. The van der Waals surface area contributed by atoms with E-state index in [2.05, 4.69) is 0 Å². The molecule has 8 heteroatoms. The molecule has 174 valence electrons. The van der Waals surface area contributed by atoms with Crippen LogP contribution in [0.4, 0.5) is 8.78 Å². The van der Waals surface area contributed by atoms with Crippen molar-refractivity contribution in [2.24, 2.45) is 0 Å². The Labute approximate surface area is 185 Å². The van der Waals surface area contributed by atoms with Crippen molar-refractivity contribution in [3.8, 4) is 0 Å². The van der Waals surface area contributed by atoms with E-state index in [1.54, 1.807) is 29.2 Å². The number of carbonyl (C=O) groups is 2. The highest BCUT2D eigenvalue weighted by Crippen LogP contribution is 2.36. The Morgan fingerprint density at radius 2 is 2.00 bits per heavy atom. The van der Waals surface area contributed by atoms with Crippen LogP contribution in [-0.4, -0.2) is 45.7 Å². The second-order valence-electron chi connectivity index (χ2n) is 8.21. The summed E-state index contributed by atoms with van der Waals surface area (Å²) in [5.41, 5.74) is 0.325. The van der Waals surface area contributed by atoms with Crippen LogP contribution in [0.3, 0.4) is 0 Å². The minimum atomic E-state index is -3.61. The number of piperidine rings is 1. The first kappa shape index (κ1) is 23.9. The van der Waals surface area contributed by atoms with E-state index >= 15 is 0 Å². The zero-order valence-corrected chi connectivity index (χ0v) is 17.9. The molecule has 1 fully saturated rings. The van der Waals surface area contributed by atoms with Gasteiger partial charge in [-0.1, -0.05) is 43.2 Å². The number of carbonyl (C=O) groups excluding carboxylic acids is 1. The van der Waals surface area contributed by atoms with Gasteiger partial charge in [-0.2, -0.15) is 8.78 Å². The van der Waals surface area contributed by atoms with Crippen LogP contribution in [-0.2, 0) is 15.5 Å². The SMILES string of the molecule is O=C(O)CCCCCCN1C(=O)CCCC1C=CC(O)C(F)(F)c1cc2ccccc2o1. The molecule has 1 aromatic heterocycles. The number of likely N-dealkylation sites (tertiary alicyclic amines) is 1. The van der Waals surface area contributed by atoms with Crippen LogP contribution in [0.2, 0.25) is 0 Å². The molecule has 2 aromatic rings. The third-order valence-corrected chi connectivity index (χ3v) is 5.79. The lowest BCUT2D eigenvalue weighted by Gasteiger charge is -2.34. The molecule has 6 nitrogen and oxygen atoms in total. The molecule has 0 spiro atoms. The minimum Gasteiger partial charge on any atom is -0.481 e. The maximum atomic E-state index is 14.8. The van der Waals surface area contributed by atoms with Crippen molar-refractivity contribution in [2.45, 2.75) is 69.4 Å². The number of aliphatic hydroxyl groups is 1. The van der Waals surface area contributed by atoms with Crippen LogP contribution in [0.5, 0.6) is 0 Å². The molecule has 1 saturated heterocycles. The standard InChI is InChI=1S/C24H29F2NO5/c25-24(26,21-16-17-8-4-5-10-19(17)32-21)20(28)14-13-18-9-7-11-22(29)27(18)15-6-2-1-3-12-23(30)31/h4-5,8,10,13-14,16,18,20,28H,1-3,6-7,9,11-12,15H2,(H,30,31). The van der Waals surface area contributed by atoms with Crippen molar-refractivity contribution < 1.29 is 33.0 Å². The maximum absolute atomic E-state index is 14.8. The molecule has 2 N–H and O–H groups in total. The van der Waals surface area contributed by atoms with Crippen LogP contribution in [0, 0.1) is 0 Å². The van der Waals surface area contributed by atoms with Crippen molar-refractivity contribution >= 4 is 22.8 Å². The Hall–Kier alpha value is -2.74. The molecule has 1 aliphatic heterocycles. The van der Waals surface area contributed by atoms with E-state index in [0.29, 0.717) is 49.6 Å². The van der Waals surface area contributed by atoms with E-state index in [9.17, 15) is 23.5 Å². The smallest absolute Gasteiger partial charge is 0.333 e. The third kappa shape index (κ3) is 5.94. The summed E-state index contributed by atoms with van der Waals surface area (Å²) in [6.07, 6.45) is 5.17. The van der Waals surface area contributed by atoms with Gasteiger partial charge in [-0.15, -0.1) is 0 Å². The second-order valence-corrected chi connectivity index (χ2v) is 8.21. The lowest BCUT2D eigenvalue weighted by molar-refractivity contribution is -0.137. The number of furan rings is 1. The zero-order chi connectivity index (χ0) is 23.1. The highest BCUT2D eigenvalue weighted by Gasteiger charge is 2.42. The van der Waals surface area contributed by atoms with Gasteiger partial charge in [0.15, 0.2) is 5.76 Å². The quantitative estimate of drug-likeness (QED) is 0.378. The number of alkyl halides is 2. The van der Waals surface area contributed by atoms with Gasteiger partial charge in [0.1, 0.15) is 11.7 Å². The van der Waals surface area contributed by atoms with E-state index in [-0.39, 0.29) is 18.4 Å². The summed E-state index contributed by atoms with van der Waals surface area (Å²) in [5.74, 6) is -5.06. The molecule has 2 atom stereocenters. The normalized spacial score (nSPS) is 18.5. The number of carboxylic acid groups (broad SMARTS) is 1. The fraction of sp³-hybridized carbons (Fsp3) is 0.500. The first-order valence-electron chi connectivity index (χ1n) is 11.0. The van der Waals surface area contributed by atoms with Crippen LogP contribution in [0.15, 0.2) is 46.9 Å². The van der Waals surface area contributed by atoms with E-state index in [1.807, 2.05) is 0 Å². The molecule has 1 amide bonds. The van der Waals surface area contributed by atoms with Crippen LogP contribution < -0.4 is 0 Å². The van der Waals surface area contributed by atoms with Crippen molar-refractivity contribution in [1.82, 2.24) is 4.90 Å². The number of benzene rings is 1. The Morgan fingerprint density at radius 3 is 2.75 bits per heavy atom. The molecule has 0 radical (unpaired) electrons. The average molecular weight is 449 g/mol. The second kappa shape index (κ2) is 10.7. The summed E-state index contributed by atoms with van der Waals surface area (Å²) in [6, 6.07) is 7.53. The summed E-state index contributed by atoms with van der Waals surface area (Å²) < 4.78 is 34.8. The molecule has 1 aromatic carbocycles. The number of hydrogen-bond donors (Lipinski definition) is 2. The van der Waals surface area contributed by atoms with Crippen molar-refractivity contribution in [1.29, 1.82) is 0 Å². The highest BCUT2D eigenvalue weighted by atomic mass is 19.3. The Morgan fingerprint density at radius 1 is 1.25 bits per heavy atom. The number of unbranched alkanes of at least 4 members (excludes halogenated alkanes) is 3.